The third-order valence-electron chi connectivity index (χ3n) is 2.08. The minimum Gasteiger partial charge on any atom is -0.377 e. The maximum absolute atomic E-state index is 5.30. The van der Waals surface area contributed by atoms with Crippen LogP contribution in [0.5, 0.6) is 0 Å². The van der Waals surface area contributed by atoms with Gasteiger partial charge >= 0.3 is 0 Å². The van der Waals surface area contributed by atoms with Crippen molar-refractivity contribution in [1.29, 1.82) is 0 Å². The Bertz CT molecular complexity index is 145. The van der Waals surface area contributed by atoms with Crippen molar-refractivity contribution in [1.82, 2.24) is 0 Å². The minimum absolute atomic E-state index is 0.712. The maximum Gasteiger partial charge on any atom is 0.0676 e. The van der Waals surface area contributed by atoms with Gasteiger partial charge in [0.1, 0.15) is 0 Å². The molecule has 0 aromatic heterocycles. The smallest absolute Gasteiger partial charge is 0.0676 e. The second-order valence-electron chi connectivity index (χ2n) is 3.26. The summed E-state index contributed by atoms with van der Waals surface area (Å²) >= 11 is 0. The van der Waals surface area contributed by atoms with E-state index in [1.807, 2.05) is 13.8 Å². The molecule has 0 fully saturated rings. The Morgan fingerprint density at radius 2 is 1.83 bits per heavy atom. The summed E-state index contributed by atoms with van der Waals surface area (Å²) < 4.78 is 5.30. The molecule has 1 nitrogen and oxygen atoms in total. The molecule has 1 heterocycles. The molecule has 1 heteroatoms. The molecule has 1 aliphatic rings. The molecule has 72 valence electrons. The predicted octanol–water partition coefficient (Wildman–Crippen LogP) is 3.41. The van der Waals surface area contributed by atoms with Crippen LogP contribution in [-0.2, 0) is 4.74 Å². The fourth-order valence-corrected chi connectivity index (χ4v) is 1.49. The second kappa shape index (κ2) is 6.24. The van der Waals surface area contributed by atoms with Crippen molar-refractivity contribution >= 4 is 0 Å². The highest BCUT2D eigenvalue weighted by atomic mass is 16.5. The van der Waals surface area contributed by atoms with Gasteiger partial charge in [0.25, 0.3) is 0 Å². The molecule has 0 amide bonds. The van der Waals surface area contributed by atoms with E-state index in [0.29, 0.717) is 5.92 Å². The van der Waals surface area contributed by atoms with Gasteiger partial charge in [0.05, 0.1) is 13.2 Å². The van der Waals surface area contributed by atoms with Gasteiger partial charge in [-0.1, -0.05) is 33.3 Å². The number of rotatable bonds is 1. The first kappa shape index (κ1) is 11.7. The first-order valence-electron chi connectivity index (χ1n) is 4.98. The molecule has 0 saturated heterocycles. The summed E-state index contributed by atoms with van der Waals surface area (Å²) in [5.74, 6) is 0.712. The molecule has 0 spiro atoms. The molecule has 0 atom stereocenters. The molecule has 0 radical (unpaired) electrons. The van der Waals surface area contributed by atoms with Gasteiger partial charge in [-0.3, -0.25) is 0 Å². The first-order chi connectivity index (χ1) is 5.72. The Labute approximate surface area is 76.8 Å². The zero-order valence-corrected chi connectivity index (χ0v) is 9.11. The molecule has 0 unspecified atom stereocenters. The second-order valence-corrected chi connectivity index (χ2v) is 3.26. The molecule has 0 N–H and O–H groups in total. The van der Waals surface area contributed by atoms with E-state index in [0.717, 1.165) is 19.6 Å². The van der Waals surface area contributed by atoms with Gasteiger partial charge < -0.3 is 4.74 Å². The van der Waals surface area contributed by atoms with Crippen molar-refractivity contribution < 1.29 is 4.74 Å². The molecule has 1 aliphatic heterocycles. The lowest BCUT2D eigenvalue weighted by Gasteiger charge is -2.20. The SMILES string of the molecule is CC.CC1=C(C(C)C)CCOC1. The van der Waals surface area contributed by atoms with E-state index in [4.69, 9.17) is 4.74 Å². The van der Waals surface area contributed by atoms with Crippen molar-refractivity contribution in [2.75, 3.05) is 13.2 Å². The summed E-state index contributed by atoms with van der Waals surface area (Å²) in [4.78, 5) is 0. The van der Waals surface area contributed by atoms with Crippen molar-refractivity contribution in [2.45, 2.75) is 41.0 Å². The summed E-state index contributed by atoms with van der Waals surface area (Å²) in [7, 11) is 0. The van der Waals surface area contributed by atoms with Gasteiger partial charge in [-0.25, -0.2) is 0 Å². The lowest BCUT2D eigenvalue weighted by molar-refractivity contribution is 0.143. The average molecular weight is 170 g/mol. The summed E-state index contributed by atoms with van der Waals surface area (Å²) in [6, 6.07) is 0. The van der Waals surface area contributed by atoms with Crippen molar-refractivity contribution in [3.05, 3.63) is 11.1 Å². The Hall–Kier alpha value is -0.300. The van der Waals surface area contributed by atoms with Gasteiger partial charge in [-0.15, -0.1) is 0 Å². The van der Waals surface area contributed by atoms with E-state index in [1.165, 1.54) is 5.57 Å². The van der Waals surface area contributed by atoms with E-state index < -0.39 is 0 Å². The molecular weight excluding hydrogens is 148 g/mol. The van der Waals surface area contributed by atoms with E-state index in [2.05, 4.69) is 20.8 Å². The van der Waals surface area contributed by atoms with Crippen LogP contribution in [0.4, 0.5) is 0 Å². The van der Waals surface area contributed by atoms with E-state index in [-0.39, 0.29) is 0 Å². The number of hydrogen-bond acceptors (Lipinski definition) is 1. The quantitative estimate of drug-likeness (QED) is 0.548. The fraction of sp³-hybridized carbons (Fsp3) is 0.818. The third kappa shape index (κ3) is 3.40. The van der Waals surface area contributed by atoms with Gasteiger partial charge in [0.15, 0.2) is 0 Å². The largest absolute Gasteiger partial charge is 0.377 e. The number of hydrogen-bond donors (Lipinski definition) is 0. The van der Waals surface area contributed by atoms with Crippen LogP contribution in [0.15, 0.2) is 11.1 Å². The van der Waals surface area contributed by atoms with E-state index >= 15 is 0 Å². The van der Waals surface area contributed by atoms with Crippen LogP contribution in [-0.4, -0.2) is 13.2 Å². The van der Waals surface area contributed by atoms with Gasteiger partial charge in [-0.2, -0.15) is 0 Å². The average Bonchev–Trinajstić information content (AvgIpc) is 2.08. The van der Waals surface area contributed by atoms with Crippen molar-refractivity contribution in [2.24, 2.45) is 5.92 Å². The van der Waals surface area contributed by atoms with Crippen LogP contribution in [0.2, 0.25) is 0 Å². The molecule has 12 heavy (non-hydrogen) atoms. The Morgan fingerprint density at radius 3 is 2.17 bits per heavy atom. The first-order valence-corrected chi connectivity index (χ1v) is 4.98. The molecule has 0 aromatic rings. The predicted molar refractivity (Wildman–Crippen MR) is 54.3 cm³/mol. The lowest BCUT2D eigenvalue weighted by Crippen LogP contribution is -2.12. The zero-order valence-electron chi connectivity index (χ0n) is 9.11. The highest BCUT2D eigenvalue weighted by Crippen LogP contribution is 2.22. The molecule has 1 rings (SSSR count). The normalized spacial score (nSPS) is 17.5. The highest BCUT2D eigenvalue weighted by Gasteiger charge is 2.11. The van der Waals surface area contributed by atoms with Crippen LogP contribution in [0.3, 0.4) is 0 Å². The molecule has 0 saturated carbocycles. The Balaban J connectivity index is 0.000000561. The maximum atomic E-state index is 5.30. The van der Waals surface area contributed by atoms with E-state index in [1.54, 1.807) is 5.57 Å². The topological polar surface area (TPSA) is 9.23 Å². The number of ether oxygens (including phenoxy) is 1. The summed E-state index contributed by atoms with van der Waals surface area (Å²) in [5.41, 5.74) is 3.05. The monoisotopic (exact) mass is 170 g/mol. The Kier molecular flexibility index (Phi) is 6.09. The highest BCUT2D eigenvalue weighted by molar-refractivity contribution is 5.16. The molecule has 0 aromatic carbocycles. The summed E-state index contributed by atoms with van der Waals surface area (Å²) in [5, 5.41) is 0. The van der Waals surface area contributed by atoms with Crippen LogP contribution in [0, 0.1) is 5.92 Å². The van der Waals surface area contributed by atoms with Crippen LogP contribution in [0.1, 0.15) is 41.0 Å². The van der Waals surface area contributed by atoms with Crippen molar-refractivity contribution in [3.63, 3.8) is 0 Å². The summed E-state index contributed by atoms with van der Waals surface area (Å²) in [6.45, 7) is 12.5. The van der Waals surface area contributed by atoms with Crippen molar-refractivity contribution in [3.8, 4) is 0 Å². The van der Waals surface area contributed by atoms with Crippen LogP contribution < -0.4 is 0 Å². The van der Waals surface area contributed by atoms with Crippen LogP contribution >= 0.6 is 0 Å². The molecular formula is C11H22O. The van der Waals surface area contributed by atoms with Gasteiger partial charge in [0, 0.05) is 0 Å². The standard InChI is InChI=1S/C9H16O.C2H6/c1-7(2)9-4-5-10-6-8(9)3;1-2/h7H,4-6H2,1-3H3;1-2H3. The Morgan fingerprint density at radius 1 is 1.25 bits per heavy atom. The third-order valence-corrected chi connectivity index (χ3v) is 2.08. The molecule has 0 bridgehead atoms. The van der Waals surface area contributed by atoms with Crippen LogP contribution in [0.25, 0.3) is 0 Å². The zero-order chi connectivity index (χ0) is 9.56. The van der Waals surface area contributed by atoms with E-state index in [9.17, 15) is 0 Å². The van der Waals surface area contributed by atoms with Gasteiger partial charge in [0.2, 0.25) is 0 Å². The lowest BCUT2D eigenvalue weighted by atomic mass is 9.94. The minimum atomic E-state index is 0.712. The fourth-order valence-electron chi connectivity index (χ4n) is 1.49. The van der Waals surface area contributed by atoms with Gasteiger partial charge in [-0.05, 0) is 24.8 Å². The summed E-state index contributed by atoms with van der Waals surface area (Å²) in [6.07, 6.45) is 1.14. The molecule has 0 aliphatic carbocycles.